The van der Waals surface area contributed by atoms with Crippen molar-refractivity contribution >= 4 is 5.91 Å². The number of aliphatic hydroxyl groups is 11. The minimum absolute atomic E-state index is 0.200. The third-order valence-electron chi connectivity index (χ3n) is 16.9. The van der Waals surface area contributed by atoms with E-state index in [1.165, 1.54) is 103 Å². The highest BCUT2D eigenvalue weighted by Crippen LogP contribution is 2.33. The van der Waals surface area contributed by atoms with Crippen molar-refractivity contribution in [2.45, 2.75) is 324 Å². The van der Waals surface area contributed by atoms with Gasteiger partial charge in [-0.05, 0) is 83.5 Å². The molecule has 12 N–H and O–H groups in total. The third-order valence-corrected chi connectivity index (χ3v) is 16.9. The maximum atomic E-state index is 13.4. The molecule has 0 aromatic heterocycles. The van der Waals surface area contributed by atoms with Gasteiger partial charge in [0.2, 0.25) is 5.91 Å². The Morgan fingerprint density at radius 1 is 0.407 bits per heavy atom. The number of amides is 1. The molecule has 0 aromatic carbocycles. The number of aliphatic hydroxyl groups excluding tert-OH is 11. The summed E-state index contributed by atoms with van der Waals surface area (Å²) in [5.41, 5.74) is 0. The Morgan fingerprint density at radius 2 is 0.769 bits per heavy atom. The Balaban J connectivity index is 1.47. The molecule has 3 aliphatic rings. The number of rotatable bonds is 52. The Kier molecular flexibility index (Phi) is 47.7. The molecule has 17 atom stereocenters. The van der Waals surface area contributed by atoms with E-state index in [2.05, 4.69) is 104 Å². The number of ether oxygens (including phenoxy) is 6. The Hall–Kier alpha value is -3.29. The smallest absolute Gasteiger partial charge is 0.220 e. The summed E-state index contributed by atoms with van der Waals surface area (Å²) >= 11 is 0. The first-order valence-corrected chi connectivity index (χ1v) is 35.0. The van der Waals surface area contributed by atoms with Crippen LogP contribution in [0.2, 0.25) is 0 Å². The molecule has 19 nitrogen and oxygen atoms in total. The summed E-state index contributed by atoms with van der Waals surface area (Å²) in [6, 6.07) is -1.01. The molecule has 3 rings (SSSR count). The molecule has 3 heterocycles. The fourth-order valence-corrected chi connectivity index (χ4v) is 11.2. The zero-order valence-corrected chi connectivity index (χ0v) is 55.3. The zero-order chi connectivity index (χ0) is 66.1. The molecule has 3 saturated heterocycles. The van der Waals surface area contributed by atoms with Crippen LogP contribution in [0.5, 0.6) is 0 Å². The van der Waals surface area contributed by atoms with Crippen molar-refractivity contribution < 1.29 is 89.4 Å². The molecular formula is C72H123NO18. The summed E-state index contributed by atoms with van der Waals surface area (Å²) in [6.45, 7) is 1.58. The third kappa shape index (κ3) is 34.8. The van der Waals surface area contributed by atoms with E-state index in [0.29, 0.717) is 12.8 Å². The van der Waals surface area contributed by atoms with E-state index in [4.69, 9.17) is 28.4 Å². The van der Waals surface area contributed by atoms with Crippen LogP contribution in [0, 0.1) is 0 Å². The molecule has 17 unspecified atom stereocenters. The minimum atomic E-state index is -1.99. The van der Waals surface area contributed by atoms with Gasteiger partial charge in [0.1, 0.15) is 73.2 Å². The first kappa shape index (κ1) is 81.9. The van der Waals surface area contributed by atoms with E-state index in [1.807, 2.05) is 6.08 Å². The average Bonchev–Trinajstić information content (AvgIpc) is 0.883. The predicted molar refractivity (Wildman–Crippen MR) is 355 cm³/mol. The summed E-state index contributed by atoms with van der Waals surface area (Å²) < 4.78 is 34.3. The molecule has 0 radical (unpaired) electrons. The molecule has 0 bridgehead atoms. The number of hydrogen-bond donors (Lipinski definition) is 12. The van der Waals surface area contributed by atoms with Gasteiger partial charge in [0.25, 0.3) is 0 Å². The SMILES string of the molecule is CC/C=C\C/C=C\C/C=C\C/C=C\C/C=C\C/C=C\CCCCCCC(=O)NC(COC1OC(CO)C(OC2OC(CO)C(OC3OC(CO)C(O)C(O)C3O)C(O)C2O)C(O)C1O)C(O)/C=C/CC/C=C/CCCCCCCCCCCCCCCCCCC. The molecule has 91 heavy (non-hydrogen) atoms. The van der Waals surface area contributed by atoms with Gasteiger partial charge in [0.15, 0.2) is 18.9 Å². The van der Waals surface area contributed by atoms with E-state index in [9.17, 15) is 61.0 Å². The average molecular weight is 1290 g/mol. The van der Waals surface area contributed by atoms with Crippen molar-refractivity contribution in [3.63, 3.8) is 0 Å². The highest BCUT2D eigenvalue weighted by Gasteiger charge is 2.53. The quantitative estimate of drug-likeness (QED) is 0.0199. The van der Waals surface area contributed by atoms with E-state index >= 15 is 0 Å². The van der Waals surface area contributed by atoms with Crippen LogP contribution in [0.4, 0.5) is 0 Å². The van der Waals surface area contributed by atoms with E-state index in [0.717, 1.165) is 83.5 Å². The molecule has 3 fully saturated rings. The second-order valence-corrected chi connectivity index (χ2v) is 24.6. The molecule has 3 aliphatic heterocycles. The van der Waals surface area contributed by atoms with Crippen LogP contribution in [-0.4, -0.2) is 193 Å². The molecule has 0 aromatic rings. The number of unbranched alkanes of at least 4 members (excludes halogenated alkanes) is 22. The number of allylic oxidation sites excluding steroid dienone is 15. The van der Waals surface area contributed by atoms with Crippen LogP contribution in [0.25, 0.3) is 0 Å². The molecule has 19 heteroatoms. The molecule has 0 spiro atoms. The van der Waals surface area contributed by atoms with Crippen LogP contribution in [0.3, 0.4) is 0 Å². The van der Waals surface area contributed by atoms with Crippen LogP contribution < -0.4 is 5.32 Å². The van der Waals surface area contributed by atoms with Crippen molar-refractivity contribution in [2.24, 2.45) is 0 Å². The van der Waals surface area contributed by atoms with Gasteiger partial charge >= 0.3 is 0 Å². The first-order chi connectivity index (χ1) is 44.3. The van der Waals surface area contributed by atoms with E-state index in [1.54, 1.807) is 6.08 Å². The van der Waals surface area contributed by atoms with Crippen molar-refractivity contribution in [1.29, 1.82) is 0 Å². The molecule has 524 valence electrons. The van der Waals surface area contributed by atoms with Gasteiger partial charge in [-0.15, -0.1) is 0 Å². The number of hydrogen-bond acceptors (Lipinski definition) is 18. The van der Waals surface area contributed by atoms with Crippen molar-refractivity contribution in [2.75, 3.05) is 26.4 Å². The maximum Gasteiger partial charge on any atom is 0.220 e. The summed E-state index contributed by atoms with van der Waals surface area (Å²) in [4.78, 5) is 13.4. The van der Waals surface area contributed by atoms with Crippen molar-refractivity contribution in [1.82, 2.24) is 5.32 Å². The van der Waals surface area contributed by atoms with Gasteiger partial charge in [-0.25, -0.2) is 0 Å². The summed E-state index contributed by atoms with van der Waals surface area (Å²) in [7, 11) is 0. The molecular weight excluding hydrogens is 1170 g/mol. The predicted octanol–water partition coefficient (Wildman–Crippen LogP) is 9.27. The molecule has 1 amide bonds. The van der Waals surface area contributed by atoms with Crippen molar-refractivity contribution in [3.05, 3.63) is 97.2 Å². The molecule has 0 saturated carbocycles. The van der Waals surface area contributed by atoms with Crippen LogP contribution >= 0.6 is 0 Å². The topological polar surface area (TPSA) is 307 Å². The second-order valence-electron chi connectivity index (χ2n) is 24.6. The second kappa shape index (κ2) is 52.9. The number of nitrogens with one attached hydrogen (secondary N) is 1. The van der Waals surface area contributed by atoms with Gasteiger partial charge in [-0.1, -0.05) is 227 Å². The summed E-state index contributed by atoms with van der Waals surface area (Å²) in [5, 5.41) is 121. The van der Waals surface area contributed by atoms with Gasteiger partial charge in [0, 0.05) is 6.42 Å². The van der Waals surface area contributed by atoms with Gasteiger partial charge in [-0.2, -0.15) is 0 Å². The van der Waals surface area contributed by atoms with Crippen LogP contribution in [-0.2, 0) is 33.2 Å². The lowest BCUT2D eigenvalue weighted by atomic mass is 9.96. The van der Waals surface area contributed by atoms with Gasteiger partial charge < -0.3 is 89.9 Å². The largest absolute Gasteiger partial charge is 0.394 e. The van der Waals surface area contributed by atoms with Crippen LogP contribution in [0.1, 0.15) is 219 Å². The number of carbonyl (C=O) groups is 1. The lowest BCUT2D eigenvalue weighted by molar-refractivity contribution is -0.379. The summed E-state index contributed by atoms with van der Waals surface area (Å²) in [5.74, 6) is -0.313. The number of carbonyl (C=O) groups excluding carboxylic acids is 1. The monoisotopic (exact) mass is 1290 g/mol. The standard InChI is InChI=1S/C72H123NO18/c1-3-5-7-9-11-13-15-17-19-21-23-25-27-29-31-33-35-37-39-41-43-45-47-49-56(77)55(73-60(78)50-48-46-44-42-40-38-36-34-32-30-28-26-24-22-20-18-16-14-12-10-8-6-4-2)54-86-70-66(84)63(81)68(58(52-75)88-70)91-72-67(85)64(82)69(59(53-76)89-72)90-71-65(83)62(80)61(79)57(51-74)87-71/h6,8,12,14,18,20,24,26,30,32,36,38-39,41,47,49,55-59,61-72,74-77,79-85H,3-5,7,9-11,13,15-17,19,21-23,25,27-29,31,33-35,37,40,42-46,48,50-54H2,1-2H3,(H,73,78)/b8-6-,14-12-,20-18-,26-24-,32-30-,38-36-,41-39+,49-47+. The molecule has 0 aliphatic carbocycles. The van der Waals surface area contributed by atoms with Gasteiger partial charge in [-0.3, -0.25) is 4.79 Å². The minimum Gasteiger partial charge on any atom is -0.394 e. The van der Waals surface area contributed by atoms with Crippen molar-refractivity contribution in [3.8, 4) is 0 Å². The Labute approximate surface area is 545 Å². The van der Waals surface area contributed by atoms with Gasteiger partial charge in [0.05, 0.1) is 38.6 Å². The lowest BCUT2D eigenvalue weighted by Gasteiger charge is -2.48. The maximum absolute atomic E-state index is 13.4. The van der Waals surface area contributed by atoms with E-state index < -0.39 is 124 Å². The first-order valence-electron chi connectivity index (χ1n) is 35.0. The normalized spacial score (nSPS) is 28.5. The summed E-state index contributed by atoms with van der Waals surface area (Å²) in [6.07, 6.45) is 42.3. The van der Waals surface area contributed by atoms with Crippen LogP contribution in [0.15, 0.2) is 97.2 Å². The Morgan fingerprint density at radius 3 is 1.23 bits per heavy atom. The highest BCUT2D eigenvalue weighted by atomic mass is 16.8. The fraction of sp³-hybridized carbons (Fsp3) is 0.764. The zero-order valence-electron chi connectivity index (χ0n) is 55.3. The Bertz CT molecular complexity index is 2030. The van der Waals surface area contributed by atoms with E-state index in [-0.39, 0.29) is 18.9 Å². The lowest BCUT2D eigenvalue weighted by Crippen LogP contribution is -2.66. The fourth-order valence-electron chi connectivity index (χ4n) is 11.2. The highest BCUT2D eigenvalue weighted by molar-refractivity contribution is 5.76.